The summed E-state index contributed by atoms with van der Waals surface area (Å²) in [5, 5.41) is 25.4. The van der Waals surface area contributed by atoms with Crippen LogP contribution in [-0.4, -0.2) is 35.0 Å². The minimum absolute atomic E-state index is 0.277. The summed E-state index contributed by atoms with van der Waals surface area (Å²) in [6, 6.07) is 18.9. The number of hydrogen-bond donors (Lipinski definition) is 4. The Morgan fingerprint density at radius 2 is 1.60 bits per heavy atom. The molecule has 0 saturated carbocycles. The predicted molar refractivity (Wildman–Crippen MR) is 98.6 cm³/mol. The molecule has 25 heavy (non-hydrogen) atoms. The normalized spacial score (nSPS) is 13.9. The molecule has 0 aliphatic rings. The Hall–Kier alpha value is -2.37. The quantitative estimate of drug-likeness (QED) is 0.595. The lowest BCUT2D eigenvalue weighted by Gasteiger charge is -2.31. The van der Waals surface area contributed by atoms with Gasteiger partial charge in [-0.25, -0.2) is 4.79 Å². The molecule has 134 valence electrons. The molecular weight excluding hydrogens is 316 g/mol. The largest absolute Gasteiger partial charge is 0.465 e. The lowest BCUT2D eigenvalue weighted by molar-refractivity contribution is 0.110. The maximum Gasteiger partial charge on any atom is 0.404 e. The Labute approximate surface area is 148 Å². The summed E-state index contributed by atoms with van der Waals surface area (Å²) in [7, 11) is 0. The van der Waals surface area contributed by atoms with Crippen molar-refractivity contribution >= 4 is 6.09 Å². The van der Waals surface area contributed by atoms with Crippen molar-refractivity contribution in [1.29, 1.82) is 0 Å². The zero-order valence-electron chi connectivity index (χ0n) is 14.6. The molecule has 2 aromatic carbocycles. The van der Waals surface area contributed by atoms with Crippen LogP contribution in [0.1, 0.15) is 25.0 Å². The zero-order chi connectivity index (χ0) is 18.3. The number of carboxylic acid groups (broad SMARTS) is 1. The van der Waals surface area contributed by atoms with Crippen LogP contribution in [0.5, 0.6) is 0 Å². The minimum atomic E-state index is -1.14. The van der Waals surface area contributed by atoms with Crippen molar-refractivity contribution < 1.29 is 15.0 Å². The van der Waals surface area contributed by atoms with E-state index < -0.39 is 18.2 Å². The molecule has 5 heteroatoms. The first-order valence-corrected chi connectivity index (χ1v) is 8.40. The number of aliphatic hydroxyl groups excluding tert-OH is 1. The van der Waals surface area contributed by atoms with Crippen LogP contribution in [-0.2, 0) is 12.0 Å². The van der Waals surface area contributed by atoms with E-state index >= 15 is 0 Å². The maximum absolute atomic E-state index is 11.1. The van der Waals surface area contributed by atoms with Crippen LogP contribution in [0.25, 0.3) is 0 Å². The Bertz CT molecular complexity index is 659. The van der Waals surface area contributed by atoms with Crippen LogP contribution in [0.3, 0.4) is 0 Å². The summed E-state index contributed by atoms with van der Waals surface area (Å²) >= 11 is 0. The van der Waals surface area contributed by atoms with Crippen molar-refractivity contribution in [2.24, 2.45) is 0 Å². The van der Waals surface area contributed by atoms with Gasteiger partial charge in [-0.1, -0.05) is 60.7 Å². The highest BCUT2D eigenvalue weighted by atomic mass is 16.4. The van der Waals surface area contributed by atoms with Crippen LogP contribution in [0, 0.1) is 0 Å². The van der Waals surface area contributed by atoms with Crippen LogP contribution in [0.15, 0.2) is 60.7 Å². The van der Waals surface area contributed by atoms with E-state index in [4.69, 9.17) is 5.11 Å². The lowest BCUT2D eigenvalue weighted by Crippen LogP contribution is -2.51. The molecule has 0 bridgehead atoms. The van der Waals surface area contributed by atoms with Gasteiger partial charge >= 0.3 is 6.09 Å². The smallest absolute Gasteiger partial charge is 0.404 e. The van der Waals surface area contributed by atoms with Gasteiger partial charge in [0, 0.05) is 12.1 Å². The first-order chi connectivity index (χ1) is 11.9. The van der Waals surface area contributed by atoms with E-state index in [-0.39, 0.29) is 12.1 Å². The van der Waals surface area contributed by atoms with Gasteiger partial charge in [0.15, 0.2) is 0 Å². The fourth-order valence-electron chi connectivity index (χ4n) is 2.77. The number of hydrogen-bond acceptors (Lipinski definition) is 3. The van der Waals surface area contributed by atoms with E-state index in [0.29, 0.717) is 6.42 Å². The van der Waals surface area contributed by atoms with E-state index in [2.05, 4.69) is 10.6 Å². The van der Waals surface area contributed by atoms with E-state index in [9.17, 15) is 9.90 Å². The van der Waals surface area contributed by atoms with Crippen LogP contribution >= 0.6 is 0 Å². The van der Waals surface area contributed by atoms with Gasteiger partial charge in [0.2, 0.25) is 0 Å². The molecule has 0 radical (unpaired) electrons. The molecular formula is C20H26N2O3. The lowest BCUT2D eigenvalue weighted by atomic mass is 9.93. The number of carbonyl (C=O) groups is 1. The van der Waals surface area contributed by atoms with E-state index in [1.165, 1.54) is 0 Å². The summed E-state index contributed by atoms with van der Waals surface area (Å²) < 4.78 is 0. The van der Waals surface area contributed by atoms with Gasteiger partial charge in [0.1, 0.15) is 0 Å². The second-order valence-corrected chi connectivity index (χ2v) is 6.68. The van der Waals surface area contributed by atoms with E-state index in [1.54, 1.807) is 0 Å². The summed E-state index contributed by atoms with van der Waals surface area (Å²) in [4.78, 5) is 11.1. The standard InChI is InChI=1S/C20H26N2O3/c1-20(2,16-11-7-4-8-12-16)21-14-18(23)17(22-19(24)25)13-15-9-5-3-6-10-15/h3-12,17-18,21-23H,13-14H2,1-2H3,(H,24,25)/t17-,18+/m0/s1. The second kappa shape index (κ2) is 8.65. The van der Waals surface area contributed by atoms with Gasteiger partial charge in [-0.05, 0) is 31.4 Å². The summed E-state index contributed by atoms with van der Waals surface area (Å²) in [6.45, 7) is 4.34. The molecule has 2 atom stereocenters. The number of rotatable bonds is 8. The van der Waals surface area contributed by atoms with Gasteiger partial charge in [0.25, 0.3) is 0 Å². The average Bonchev–Trinajstić information content (AvgIpc) is 2.60. The van der Waals surface area contributed by atoms with Crippen molar-refractivity contribution in [3.05, 3.63) is 71.8 Å². The summed E-state index contributed by atoms with van der Waals surface area (Å²) in [6.07, 6.45) is -1.55. The molecule has 1 amide bonds. The van der Waals surface area contributed by atoms with Gasteiger partial charge in [-0.15, -0.1) is 0 Å². The molecule has 0 fully saturated rings. The van der Waals surface area contributed by atoms with Crippen molar-refractivity contribution in [2.45, 2.75) is 38.0 Å². The molecule has 0 aromatic heterocycles. The molecule has 0 unspecified atom stereocenters. The van der Waals surface area contributed by atoms with Crippen molar-refractivity contribution in [3.63, 3.8) is 0 Å². The molecule has 5 nitrogen and oxygen atoms in total. The molecule has 0 saturated heterocycles. The van der Waals surface area contributed by atoms with Gasteiger partial charge in [-0.2, -0.15) is 0 Å². The van der Waals surface area contributed by atoms with Crippen molar-refractivity contribution in [1.82, 2.24) is 10.6 Å². The fourth-order valence-corrected chi connectivity index (χ4v) is 2.77. The second-order valence-electron chi connectivity index (χ2n) is 6.68. The number of benzene rings is 2. The van der Waals surface area contributed by atoms with Gasteiger partial charge < -0.3 is 20.8 Å². The SMILES string of the molecule is CC(C)(NC[C@@H](O)[C@H](Cc1ccccc1)NC(=O)O)c1ccccc1. The topological polar surface area (TPSA) is 81.6 Å². The highest BCUT2D eigenvalue weighted by molar-refractivity contribution is 5.65. The third-order valence-electron chi connectivity index (χ3n) is 4.32. The van der Waals surface area contributed by atoms with Gasteiger partial charge in [0.05, 0.1) is 12.1 Å². The third kappa shape index (κ3) is 5.89. The van der Waals surface area contributed by atoms with Crippen molar-refractivity contribution in [2.75, 3.05) is 6.54 Å². The third-order valence-corrected chi connectivity index (χ3v) is 4.32. The Morgan fingerprint density at radius 3 is 2.16 bits per heavy atom. The highest BCUT2D eigenvalue weighted by Crippen LogP contribution is 2.19. The number of amides is 1. The van der Waals surface area contributed by atoms with E-state index in [0.717, 1.165) is 11.1 Å². The first kappa shape index (κ1) is 19.0. The summed E-state index contributed by atoms with van der Waals surface area (Å²) in [5.74, 6) is 0. The molecule has 4 N–H and O–H groups in total. The highest BCUT2D eigenvalue weighted by Gasteiger charge is 2.25. The molecule has 0 aliphatic heterocycles. The molecule has 2 aromatic rings. The molecule has 0 aliphatic carbocycles. The average molecular weight is 342 g/mol. The summed E-state index contributed by atoms with van der Waals surface area (Å²) in [5.41, 5.74) is 1.75. The Kier molecular flexibility index (Phi) is 6.56. The monoisotopic (exact) mass is 342 g/mol. The Balaban J connectivity index is 2.01. The van der Waals surface area contributed by atoms with Crippen LogP contribution in [0.2, 0.25) is 0 Å². The first-order valence-electron chi connectivity index (χ1n) is 8.40. The number of aliphatic hydroxyl groups is 1. The number of nitrogens with one attached hydrogen (secondary N) is 2. The molecule has 0 heterocycles. The fraction of sp³-hybridized carbons (Fsp3) is 0.350. The minimum Gasteiger partial charge on any atom is -0.465 e. The molecule has 0 spiro atoms. The van der Waals surface area contributed by atoms with Gasteiger partial charge in [-0.3, -0.25) is 0 Å². The predicted octanol–water partition coefficient (Wildman–Crippen LogP) is 2.75. The van der Waals surface area contributed by atoms with Crippen LogP contribution < -0.4 is 10.6 Å². The maximum atomic E-state index is 11.1. The Morgan fingerprint density at radius 1 is 1.04 bits per heavy atom. The zero-order valence-corrected chi connectivity index (χ0v) is 14.6. The molecule has 2 rings (SSSR count). The van der Waals surface area contributed by atoms with Crippen molar-refractivity contribution in [3.8, 4) is 0 Å². The van der Waals surface area contributed by atoms with Crippen LogP contribution in [0.4, 0.5) is 4.79 Å². The van der Waals surface area contributed by atoms with E-state index in [1.807, 2.05) is 74.5 Å².